The molecule has 16 heavy (non-hydrogen) atoms. The lowest BCUT2D eigenvalue weighted by atomic mass is 10.1. The highest BCUT2D eigenvalue weighted by atomic mass is 16.3. The minimum atomic E-state index is -0.145. The second-order valence-electron chi connectivity index (χ2n) is 4.39. The van der Waals surface area contributed by atoms with Gasteiger partial charge < -0.3 is 5.11 Å². The highest BCUT2D eigenvalue weighted by molar-refractivity contribution is 5.19. The summed E-state index contributed by atoms with van der Waals surface area (Å²) >= 11 is 0. The van der Waals surface area contributed by atoms with Gasteiger partial charge in [0.05, 0.1) is 12.1 Å². The second-order valence-corrected chi connectivity index (χ2v) is 4.39. The molecule has 0 spiro atoms. The van der Waals surface area contributed by atoms with Crippen LogP contribution in [0, 0.1) is 0 Å². The van der Waals surface area contributed by atoms with Gasteiger partial charge in [-0.1, -0.05) is 30.3 Å². The summed E-state index contributed by atoms with van der Waals surface area (Å²) in [5.74, 6) is 0. The van der Waals surface area contributed by atoms with E-state index in [2.05, 4.69) is 22.3 Å². The summed E-state index contributed by atoms with van der Waals surface area (Å²) in [5.41, 5.74) is 1.26. The molecule has 0 aromatic heterocycles. The molecular formula is C13H19N2O. The van der Waals surface area contributed by atoms with Crippen LogP contribution in [-0.2, 0) is 0 Å². The second kappa shape index (κ2) is 5.43. The fourth-order valence-corrected chi connectivity index (χ4v) is 2.23. The molecule has 2 atom stereocenters. The van der Waals surface area contributed by atoms with Crippen molar-refractivity contribution in [2.45, 2.75) is 18.6 Å². The summed E-state index contributed by atoms with van der Waals surface area (Å²) in [4.78, 5) is 2.29. The predicted molar refractivity (Wildman–Crippen MR) is 64.3 cm³/mol. The maximum atomic E-state index is 9.48. The molecule has 1 aromatic carbocycles. The summed E-state index contributed by atoms with van der Waals surface area (Å²) in [6.45, 7) is 2.69. The molecule has 1 aliphatic heterocycles. The van der Waals surface area contributed by atoms with Gasteiger partial charge in [0.2, 0.25) is 0 Å². The predicted octanol–water partition coefficient (Wildman–Crippen LogP) is 1.03. The Balaban J connectivity index is 1.96. The van der Waals surface area contributed by atoms with E-state index in [1.54, 1.807) is 0 Å². The molecule has 0 bridgehead atoms. The first-order chi connectivity index (χ1) is 7.79. The third-order valence-electron chi connectivity index (χ3n) is 3.17. The van der Waals surface area contributed by atoms with Gasteiger partial charge in [-0.15, -0.1) is 0 Å². The van der Waals surface area contributed by atoms with Gasteiger partial charge in [-0.3, -0.25) is 4.90 Å². The molecule has 1 aliphatic rings. The molecule has 3 nitrogen and oxygen atoms in total. The van der Waals surface area contributed by atoms with E-state index in [4.69, 9.17) is 0 Å². The van der Waals surface area contributed by atoms with E-state index >= 15 is 0 Å². The molecule has 1 N–H and O–H groups in total. The molecule has 87 valence electrons. The molecule has 1 aromatic rings. The maximum absolute atomic E-state index is 9.48. The summed E-state index contributed by atoms with van der Waals surface area (Å²) < 4.78 is 0. The SMILES string of the molecule is C[N]C(CN1CCC(O)C1)c1ccccc1. The minimum absolute atomic E-state index is 0.145. The quantitative estimate of drug-likeness (QED) is 0.821. The number of likely N-dealkylation sites (N-methyl/N-ethyl adjacent to an activating group) is 1. The number of hydrogen-bond acceptors (Lipinski definition) is 2. The zero-order valence-corrected chi connectivity index (χ0v) is 9.71. The Kier molecular flexibility index (Phi) is 3.93. The molecule has 0 aliphatic carbocycles. The topological polar surface area (TPSA) is 37.6 Å². The van der Waals surface area contributed by atoms with E-state index in [-0.39, 0.29) is 12.1 Å². The normalized spacial score (nSPS) is 23.5. The maximum Gasteiger partial charge on any atom is 0.0679 e. The van der Waals surface area contributed by atoms with E-state index in [1.807, 2.05) is 25.2 Å². The van der Waals surface area contributed by atoms with Gasteiger partial charge in [0.15, 0.2) is 0 Å². The highest BCUT2D eigenvalue weighted by Crippen LogP contribution is 2.18. The number of benzene rings is 1. The lowest BCUT2D eigenvalue weighted by Gasteiger charge is -2.22. The van der Waals surface area contributed by atoms with E-state index in [1.165, 1.54) is 5.56 Å². The lowest BCUT2D eigenvalue weighted by molar-refractivity contribution is 0.172. The molecule has 2 rings (SSSR count). The molecule has 3 heteroatoms. The summed E-state index contributed by atoms with van der Waals surface area (Å²) in [6.07, 6.45) is 0.749. The van der Waals surface area contributed by atoms with Crippen molar-refractivity contribution in [2.24, 2.45) is 0 Å². The van der Waals surface area contributed by atoms with Crippen molar-refractivity contribution >= 4 is 0 Å². The number of aliphatic hydroxyl groups is 1. The van der Waals surface area contributed by atoms with Crippen LogP contribution < -0.4 is 5.32 Å². The van der Waals surface area contributed by atoms with Gasteiger partial charge in [0, 0.05) is 26.7 Å². The van der Waals surface area contributed by atoms with Crippen LogP contribution in [0.4, 0.5) is 0 Å². The fraction of sp³-hybridized carbons (Fsp3) is 0.538. The number of nitrogens with zero attached hydrogens (tertiary/aromatic N) is 2. The van der Waals surface area contributed by atoms with Crippen LogP contribution in [0.1, 0.15) is 18.0 Å². The van der Waals surface area contributed by atoms with E-state index in [0.29, 0.717) is 0 Å². The minimum Gasteiger partial charge on any atom is -0.392 e. The Morgan fingerprint density at radius 2 is 2.19 bits per heavy atom. The largest absolute Gasteiger partial charge is 0.392 e. The molecular weight excluding hydrogens is 200 g/mol. The van der Waals surface area contributed by atoms with Crippen molar-refractivity contribution in [3.63, 3.8) is 0 Å². The van der Waals surface area contributed by atoms with Crippen LogP contribution in [0.2, 0.25) is 0 Å². The van der Waals surface area contributed by atoms with Crippen molar-refractivity contribution in [1.82, 2.24) is 10.2 Å². The average Bonchev–Trinajstić information content (AvgIpc) is 2.73. The van der Waals surface area contributed by atoms with E-state index < -0.39 is 0 Å². The molecule has 0 saturated carbocycles. The van der Waals surface area contributed by atoms with Crippen LogP contribution >= 0.6 is 0 Å². The average molecular weight is 219 g/mol. The third-order valence-corrected chi connectivity index (χ3v) is 3.17. The number of hydrogen-bond donors (Lipinski definition) is 1. The van der Waals surface area contributed by atoms with Gasteiger partial charge in [-0.05, 0) is 12.0 Å². The molecule has 1 heterocycles. The number of aliphatic hydroxyl groups excluding tert-OH is 1. The van der Waals surface area contributed by atoms with Crippen molar-refractivity contribution in [3.8, 4) is 0 Å². The molecule has 1 fully saturated rings. The van der Waals surface area contributed by atoms with Gasteiger partial charge in [-0.25, -0.2) is 5.32 Å². The molecule has 0 amide bonds. The van der Waals surface area contributed by atoms with Crippen molar-refractivity contribution < 1.29 is 5.11 Å². The monoisotopic (exact) mass is 219 g/mol. The Morgan fingerprint density at radius 1 is 1.44 bits per heavy atom. The smallest absolute Gasteiger partial charge is 0.0679 e. The zero-order valence-electron chi connectivity index (χ0n) is 9.71. The fourth-order valence-electron chi connectivity index (χ4n) is 2.23. The first-order valence-corrected chi connectivity index (χ1v) is 5.84. The summed E-state index contributed by atoms with van der Waals surface area (Å²) in [7, 11) is 1.87. The summed E-state index contributed by atoms with van der Waals surface area (Å²) in [6, 6.07) is 10.6. The molecule has 1 saturated heterocycles. The van der Waals surface area contributed by atoms with Gasteiger partial charge in [0.1, 0.15) is 0 Å². The van der Waals surface area contributed by atoms with Gasteiger partial charge >= 0.3 is 0 Å². The molecule has 2 unspecified atom stereocenters. The van der Waals surface area contributed by atoms with E-state index in [0.717, 1.165) is 26.1 Å². The first-order valence-electron chi connectivity index (χ1n) is 5.84. The van der Waals surface area contributed by atoms with Crippen molar-refractivity contribution in [2.75, 3.05) is 26.7 Å². The van der Waals surface area contributed by atoms with Gasteiger partial charge in [-0.2, -0.15) is 0 Å². The molecule has 1 radical (unpaired) electrons. The summed E-state index contributed by atoms with van der Waals surface area (Å²) in [5, 5.41) is 13.9. The number of rotatable bonds is 4. The van der Waals surface area contributed by atoms with Crippen molar-refractivity contribution in [3.05, 3.63) is 35.9 Å². The third kappa shape index (κ3) is 2.82. The lowest BCUT2D eigenvalue weighted by Crippen LogP contribution is -2.30. The standard InChI is InChI=1S/C13H19N2O/c1-14-13(11-5-3-2-4-6-11)10-15-8-7-12(16)9-15/h2-6,12-13,16H,7-10H2,1H3. The van der Waals surface area contributed by atoms with Gasteiger partial charge in [0.25, 0.3) is 0 Å². The van der Waals surface area contributed by atoms with Crippen LogP contribution in [0.25, 0.3) is 0 Å². The Hall–Kier alpha value is -0.900. The van der Waals surface area contributed by atoms with E-state index in [9.17, 15) is 5.11 Å². The van der Waals surface area contributed by atoms with Crippen molar-refractivity contribution in [1.29, 1.82) is 0 Å². The Labute approximate surface area is 97.1 Å². The van der Waals surface area contributed by atoms with Crippen LogP contribution in [0.15, 0.2) is 30.3 Å². The first kappa shape index (κ1) is 11.6. The Bertz CT molecular complexity index is 315. The number of β-amino-alcohol motifs (C(OH)–C–C–N with tert-alkyl or cyclic N) is 1. The zero-order chi connectivity index (χ0) is 11.4. The highest BCUT2D eigenvalue weighted by Gasteiger charge is 2.23. The van der Waals surface area contributed by atoms with Crippen LogP contribution in [0.5, 0.6) is 0 Å². The number of likely N-dealkylation sites (tertiary alicyclic amines) is 1. The Morgan fingerprint density at radius 3 is 2.75 bits per heavy atom. The van der Waals surface area contributed by atoms with Crippen LogP contribution in [-0.4, -0.2) is 42.8 Å². The van der Waals surface area contributed by atoms with Crippen LogP contribution in [0.3, 0.4) is 0 Å².